The van der Waals surface area contributed by atoms with Crippen molar-refractivity contribution in [3.63, 3.8) is 0 Å². The summed E-state index contributed by atoms with van der Waals surface area (Å²) < 4.78 is 5.60. The van der Waals surface area contributed by atoms with Gasteiger partial charge in [-0.05, 0) is 55.0 Å². The first-order valence-electron chi connectivity index (χ1n) is 8.85. The summed E-state index contributed by atoms with van der Waals surface area (Å²) in [6.45, 7) is 1.81. The number of carbonyl (C=O) groups excluding carboxylic acids is 1. The van der Waals surface area contributed by atoms with Crippen LogP contribution < -0.4 is 4.74 Å². The number of rotatable bonds is 9. The second-order valence-corrected chi connectivity index (χ2v) is 9.26. The molecule has 2 aromatic carbocycles. The monoisotopic (exact) mass is 467 g/mol. The number of aromatic nitrogens is 1. The van der Waals surface area contributed by atoms with Gasteiger partial charge in [0.05, 0.1) is 5.69 Å². The minimum atomic E-state index is -0.168. The molecule has 0 saturated heterocycles. The number of aliphatic hydroxyl groups excluding tert-OH is 1. The van der Waals surface area contributed by atoms with Gasteiger partial charge in [0, 0.05) is 38.6 Å². The standard InChI is InChI=1S/C21H19Cl2NO3S2/c1-13-20(6-7-25)29-21(24-13)19(26)11-27-17-2-4-18(5-3-17)28-12-14-8-15(22)10-16(23)9-14/h2-5,8-10,25H,6-7,11-12H2,1H3. The molecule has 0 aliphatic rings. The molecule has 0 atom stereocenters. The number of Topliss-reactive ketones (excluding diaryl/α,β-unsaturated/α-hetero) is 1. The van der Waals surface area contributed by atoms with Crippen molar-refractivity contribution < 1.29 is 14.6 Å². The maximum absolute atomic E-state index is 12.3. The molecule has 0 amide bonds. The van der Waals surface area contributed by atoms with Crippen LogP contribution in [0.25, 0.3) is 0 Å². The molecule has 1 N–H and O–H groups in total. The molecule has 152 valence electrons. The Hall–Kier alpha value is -1.57. The minimum absolute atomic E-state index is 0.0435. The van der Waals surface area contributed by atoms with E-state index in [9.17, 15) is 4.79 Å². The van der Waals surface area contributed by atoms with Gasteiger partial charge in [-0.3, -0.25) is 4.79 Å². The average Bonchev–Trinajstić information content (AvgIpc) is 3.05. The van der Waals surface area contributed by atoms with Gasteiger partial charge in [0.1, 0.15) is 5.75 Å². The number of nitrogens with zero attached hydrogens (tertiary/aromatic N) is 1. The van der Waals surface area contributed by atoms with Gasteiger partial charge in [-0.1, -0.05) is 23.2 Å². The molecule has 1 aromatic heterocycles. The van der Waals surface area contributed by atoms with E-state index >= 15 is 0 Å². The Balaban J connectivity index is 1.52. The zero-order valence-electron chi connectivity index (χ0n) is 15.7. The van der Waals surface area contributed by atoms with Crippen LogP contribution in [0.4, 0.5) is 0 Å². The highest BCUT2D eigenvalue weighted by molar-refractivity contribution is 7.98. The molecule has 29 heavy (non-hydrogen) atoms. The van der Waals surface area contributed by atoms with Gasteiger partial charge in [-0.25, -0.2) is 4.98 Å². The summed E-state index contributed by atoms with van der Waals surface area (Å²) in [6.07, 6.45) is 0.512. The third-order valence-electron chi connectivity index (χ3n) is 3.99. The summed E-state index contributed by atoms with van der Waals surface area (Å²) in [7, 11) is 0. The molecule has 0 fully saturated rings. The molecular weight excluding hydrogens is 449 g/mol. The lowest BCUT2D eigenvalue weighted by atomic mass is 10.2. The van der Waals surface area contributed by atoms with E-state index in [0.29, 0.717) is 27.2 Å². The number of thioether (sulfide) groups is 1. The molecular formula is C21H19Cl2NO3S2. The van der Waals surface area contributed by atoms with Crippen molar-refractivity contribution in [3.8, 4) is 5.75 Å². The maximum atomic E-state index is 12.3. The zero-order chi connectivity index (χ0) is 20.8. The number of benzene rings is 2. The highest BCUT2D eigenvalue weighted by Crippen LogP contribution is 2.28. The van der Waals surface area contributed by atoms with Crippen LogP contribution in [0.15, 0.2) is 47.4 Å². The van der Waals surface area contributed by atoms with E-state index in [1.54, 1.807) is 17.8 Å². The van der Waals surface area contributed by atoms with E-state index in [1.807, 2.05) is 43.3 Å². The Morgan fingerprint density at radius 3 is 2.52 bits per heavy atom. The quantitative estimate of drug-likeness (QED) is 0.316. The Morgan fingerprint density at radius 2 is 1.86 bits per heavy atom. The summed E-state index contributed by atoms with van der Waals surface area (Å²) in [5.41, 5.74) is 1.84. The van der Waals surface area contributed by atoms with Gasteiger partial charge in [0.15, 0.2) is 11.6 Å². The van der Waals surface area contributed by atoms with Gasteiger partial charge in [0.25, 0.3) is 0 Å². The SMILES string of the molecule is Cc1nc(C(=O)COc2ccc(SCc3cc(Cl)cc(Cl)c3)cc2)sc1CCO. The molecule has 1 heterocycles. The Kier molecular flexibility index (Phi) is 7.98. The molecule has 4 nitrogen and oxygen atoms in total. The van der Waals surface area contributed by atoms with E-state index in [-0.39, 0.29) is 19.0 Å². The number of aryl methyl sites for hydroxylation is 1. The Morgan fingerprint density at radius 1 is 1.17 bits per heavy atom. The van der Waals surface area contributed by atoms with Crippen molar-refractivity contribution in [3.05, 3.63) is 73.7 Å². The average molecular weight is 468 g/mol. The summed E-state index contributed by atoms with van der Waals surface area (Å²) in [4.78, 5) is 18.6. The van der Waals surface area contributed by atoms with E-state index < -0.39 is 0 Å². The number of thiazole rings is 1. The zero-order valence-corrected chi connectivity index (χ0v) is 18.8. The number of hydrogen-bond acceptors (Lipinski definition) is 6. The largest absolute Gasteiger partial charge is 0.485 e. The van der Waals surface area contributed by atoms with Gasteiger partial charge in [0.2, 0.25) is 5.78 Å². The molecule has 3 rings (SSSR count). The van der Waals surface area contributed by atoms with Crippen LogP contribution in [0.3, 0.4) is 0 Å². The molecule has 0 aliphatic heterocycles. The molecule has 0 unspecified atom stereocenters. The van der Waals surface area contributed by atoms with Gasteiger partial charge in [-0.15, -0.1) is 23.1 Å². The first-order valence-corrected chi connectivity index (χ1v) is 11.4. The number of hydrogen-bond donors (Lipinski definition) is 1. The normalized spacial score (nSPS) is 10.9. The van der Waals surface area contributed by atoms with Gasteiger partial charge < -0.3 is 9.84 Å². The van der Waals surface area contributed by atoms with Crippen LogP contribution in [-0.2, 0) is 12.2 Å². The van der Waals surface area contributed by atoms with Gasteiger partial charge in [-0.2, -0.15) is 0 Å². The number of carbonyl (C=O) groups is 1. The maximum Gasteiger partial charge on any atom is 0.228 e. The molecule has 3 aromatic rings. The van der Waals surface area contributed by atoms with Crippen LogP contribution in [0.5, 0.6) is 5.75 Å². The summed E-state index contributed by atoms with van der Waals surface area (Å²) in [5, 5.41) is 10.7. The number of ketones is 1. The van der Waals surface area contributed by atoms with Crippen molar-refractivity contribution in [1.29, 1.82) is 0 Å². The second kappa shape index (κ2) is 10.5. The topological polar surface area (TPSA) is 59.4 Å². The van der Waals surface area contributed by atoms with Crippen molar-refractivity contribution in [2.45, 2.75) is 24.0 Å². The Labute approximate surface area is 187 Å². The molecule has 0 radical (unpaired) electrons. The smallest absolute Gasteiger partial charge is 0.228 e. The van der Waals surface area contributed by atoms with E-state index in [1.165, 1.54) is 11.3 Å². The number of aliphatic hydroxyl groups is 1. The third kappa shape index (κ3) is 6.46. The van der Waals surface area contributed by atoms with Crippen molar-refractivity contribution in [2.24, 2.45) is 0 Å². The van der Waals surface area contributed by atoms with E-state index in [0.717, 1.165) is 26.8 Å². The lowest BCUT2D eigenvalue weighted by Gasteiger charge is -2.07. The number of ether oxygens (including phenoxy) is 1. The predicted molar refractivity (Wildman–Crippen MR) is 120 cm³/mol. The van der Waals surface area contributed by atoms with Crippen LogP contribution in [0.2, 0.25) is 10.0 Å². The Bertz CT molecular complexity index is 970. The fourth-order valence-electron chi connectivity index (χ4n) is 2.58. The van der Waals surface area contributed by atoms with Crippen molar-refractivity contribution >= 4 is 52.1 Å². The van der Waals surface area contributed by atoms with Gasteiger partial charge >= 0.3 is 0 Å². The molecule has 8 heteroatoms. The van der Waals surface area contributed by atoms with Crippen molar-refractivity contribution in [1.82, 2.24) is 4.98 Å². The molecule has 0 bridgehead atoms. The lowest BCUT2D eigenvalue weighted by molar-refractivity contribution is 0.0921. The minimum Gasteiger partial charge on any atom is -0.485 e. The fraction of sp³-hybridized carbons (Fsp3) is 0.238. The predicted octanol–water partition coefficient (Wildman–Crippen LogP) is 5.85. The van der Waals surface area contributed by atoms with Crippen LogP contribution in [0, 0.1) is 6.92 Å². The lowest BCUT2D eigenvalue weighted by Crippen LogP contribution is -2.11. The van der Waals surface area contributed by atoms with E-state index in [4.69, 9.17) is 33.0 Å². The first-order chi connectivity index (χ1) is 13.9. The number of halogens is 2. The third-order valence-corrected chi connectivity index (χ3v) is 6.77. The van der Waals surface area contributed by atoms with Crippen LogP contribution in [-0.4, -0.2) is 29.1 Å². The fourth-order valence-corrected chi connectivity index (χ4v) is 4.96. The molecule has 0 aliphatic carbocycles. The first kappa shape index (κ1) is 22.1. The second-order valence-electron chi connectivity index (χ2n) is 6.25. The summed E-state index contributed by atoms with van der Waals surface area (Å²) >= 11 is 15.0. The highest BCUT2D eigenvalue weighted by atomic mass is 35.5. The summed E-state index contributed by atoms with van der Waals surface area (Å²) in [6, 6.07) is 13.1. The van der Waals surface area contributed by atoms with Crippen molar-refractivity contribution in [2.75, 3.05) is 13.2 Å². The molecule has 0 saturated carbocycles. The summed E-state index contributed by atoms with van der Waals surface area (Å²) in [5.74, 6) is 1.20. The van der Waals surface area contributed by atoms with Crippen LogP contribution >= 0.6 is 46.3 Å². The van der Waals surface area contributed by atoms with E-state index in [2.05, 4.69) is 4.98 Å². The highest BCUT2D eigenvalue weighted by Gasteiger charge is 2.15. The molecule has 0 spiro atoms. The van der Waals surface area contributed by atoms with Crippen LogP contribution in [0.1, 0.15) is 25.9 Å².